The molecule has 3 aromatic rings. The standard InChI is InChI=1S/C14H14N4OS2/c1-3-18-11(6-7-15-18)13(19)16-9-4-5-10-12(8-9)21-14(17-10)20-2/h4-8H,3H2,1-2H3,(H,16,19). The zero-order valence-corrected chi connectivity index (χ0v) is 13.3. The third-order valence-corrected chi connectivity index (χ3v) is 5.05. The highest BCUT2D eigenvalue weighted by Crippen LogP contribution is 2.30. The average Bonchev–Trinajstić information content (AvgIpc) is 3.12. The Morgan fingerprint density at radius 3 is 3.05 bits per heavy atom. The SMILES string of the molecule is CCn1nccc1C(=O)Nc1ccc2nc(SC)sc2c1. The van der Waals surface area contributed by atoms with Gasteiger partial charge in [0.1, 0.15) is 5.69 Å². The number of amides is 1. The summed E-state index contributed by atoms with van der Waals surface area (Å²) in [6.45, 7) is 2.62. The number of fused-ring (bicyclic) bond motifs is 1. The molecule has 5 nitrogen and oxygen atoms in total. The van der Waals surface area contributed by atoms with Crippen LogP contribution in [0.2, 0.25) is 0 Å². The Bertz CT molecular complexity index is 793. The second-order valence-corrected chi connectivity index (χ2v) is 6.44. The number of nitrogens with zero attached hydrogens (tertiary/aromatic N) is 3. The molecule has 0 saturated heterocycles. The van der Waals surface area contributed by atoms with Gasteiger partial charge in [-0.2, -0.15) is 5.10 Å². The van der Waals surface area contributed by atoms with E-state index in [-0.39, 0.29) is 5.91 Å². The fourth-order valence-electron chi connectivity index (χ4n) is 2.04. The van der Waals surface area contributed by atoms with Gasteiger partial charge in [-0.15, -0.1) is 11.3 Å². The Morgan fingerprint density at radius 2 is 2.29 bits per heavy atom. The van der Waals surface area contributed by atoms with Crippen molar-refractivity contribution in [2.45, 2.75) is 17.8 Å². The fourth-order valence-corrected chi connectivity index (χ4v) is 3.57. The second kappa shape index (κ2) is 5.87. The first-order valence-corrected chi connectivity index (χ1v) is 8.53. The van der Waals surface area contributed by atoms with Crippen LogP contribution in [0.5, 0.6) is 0 Å². The van der Waals surface area contributed by atoms with E-state index in [0.29, 0.717) is 12.2 Å². The number of nitrogens with one attached hydrogen (secondary N) is 1. The molecule has 0 aliphatic rings. The van der Waals surface area contributed by atoms with Gasteiger partial charge in [-0.1, -0.05) is 11.8 Å². The Labute approximate surface area is 130 Å². The lowest BCUT2D eigenvalue weighted by atomic mass is 10.3. The zero-order valence-electron chi connectivity index (χ0n) is 11.7. The number of anilines is 1. The Hall–Kier alpha value is -1.86. The van der Waals surface area contributed by atoms with Gasteiger partial charge in [0.05, 0.1) is 10.2 Å². The van der Waals surface area contributed by atoms with Crippen molar-refractivity contribution in [3.8, 4) is 0 Å². The maximum Gasteiger partial charge on any atom is 0.273 e. The molecule has 21 heavy (non-hydrogen) atoms. The lowest BCUT2D eigenvalue weighted by Gasteiger charge is -2.06. The molecular weight excluding hydrogens is 304 g/mol. The molecule has 7 heteroatoms. The summed E-state index contributed by atoms with van der Waals surface area (Å²) in [5.41, 5.74) is 2.29. The van der Waals surface area contributed by atoms with Gasteiger partial charge < -0.3 is 5.32 Å². The molecule has 0 radical (unpaired) electrons. The normalized spacial score (nSPS) is 11.0. The van der Waals surface area contributed by atoms with Crippen molar-refractivity contribution in [1.29, 1.82) is 0 Å². The molecule has 0 atom stereocenters. The van der Waals surface area contributed by atoms with Gasteiger partial charge in [-0.3, -0.25) is 9.48 Å². The molecule has 2 heterocycles. The van der Waals surface area contributed by atoms with Gasteiger partial charge in [0.2, 0.25) is 0 Å². The summed E-state index contributed by atoms with van der Waals surface area (Å²) in [6, 6.07) is 7.47. The van der Waals surface area contributed by atoms with Crippen LogP contribution in [0.4, 0.5) is 5.69 Å². The van der Waals surface area contributed by atoms with E-state index in [4.69, 9.17) is 0 Å². The first kappa shape index (κ1) is 14.1. The van der Waals surface area contributed by atoms with Gasteiger partial charge in [0.25, 0.3) is 5.91 Å². The van der Waals surface area contributed by atoms with Crippen LogP contribution < -0.4 is 5.32 Å². The van der Waals surface area contributed by atoms with Crippen LogP contribution in [-0.2, 0) is 6.54 Å². The maximum atomic E-state index is 12.3. The fraction of sp³-hybridized carbons (Fsp3) is 0.214. The topological polar surface area (TPSA) is 59.8 Å². The number of aromatic nitrogens is 3. The van der Waals surface area contributed by atoms with Crippen molar-refractivity contribution in [3.63, 3.8) is 0 Å². The van der Waals surface area contributed by atoms with E-state index in [2.05, 4.69) is 15.4 Å². The minimum absolute atomic E-state index is 0.150. The molecule has 3 rings (SSSR count). The van der Waals surface area contributed by atoms with Crippen LogP contribution >= 0.6 is 23.1 Å². The maximum absolute atomic E-state index is 12.3. The van der Waals surface area contributed by atoms with E-state index in [1.807, 2.05) is 31.4 Å². The van der Waals surface area contributed by atoms with Gasteiger partial charge in [-0.25, -0.2) is 4.98 Å². The summed E-state index contributed by atoms with van der Waals surface area (Å²) in [5.74, 6) is -0.150. The van der Waals surface area contributed by atoms with Crippen LogP contribution in [0.1, 0.15) is 17.4 Å². The summed E-state index contributed by atoms with van der Waals surface area (Å²) in [5, 5.41) is 7.02. The molecule has 0 aliphatic carbocycles. The van der Waals surface area contributed by atoms with E-state index in [1.165, 1.54) is 0 Å². The third kappa shape index (κ3) is 2.79. The molecule has 0 aliphatic heterocycles. The van der Waals surface area contributed by atoms with Crippen molar-refractivity contribution in [2.24, 2.45) is 0 Å². The number of hydrogen-bond donors (Lipinski definition) is 1. The van der Waals surface area contributed by atoms with Crippen molar-refractivity contribution >= 4 is 44.9 Å². The molecule has 0 fully saturated rings. The number of aryl methyl sites for hydroxylation is 1. The molecule has 1 N–H and O–H groups in total. The van der Waals surface area contributed by atoms with Crippen molar-refractivity contribution in [1.82, 2.24) is 14.8 Å². The lowest BCUT2D eigenvalue weighted by molar-refractivity contribution is 0.101. The number of benzene rings is 1. The molecular formula is C14H14N4OS2. The summed E-state index contributed by atoms with van der Waals surface area (Å²) in [7, 11) is 0. The average molecular weight is 318 g/mol. The van der Waals surface area contributed by atoms with Crippen LogP contribution in [0.25, 0.3) is 10.2 Å². The summed E-state index contributed by atoms with van der Waals surface area (Å²) in [4.78, 5) is 16.7. The monoisotopic (exact) mass is 318 g/mol. The van der Waals surface area contributed by atoms with Crippen LogP contribution in [0.15, 0.2) is 34.8 Å². The van der Waals surface area contributed by atoms with Gasteiger partial charge in [0, 0.05) is 18.4 Å². The zero-order chi connectivity index (χ0) is 14.8. The summed E-state index contributed by atoms with van der Waals surface area (Å²) >= 11 is 3.25. The molecule has 108 valence electrons. The quantitative estimate of drug-likeness (QED) is 0.748. The molecule has 0 spiro atoms. The molecule has 0 bridgehead atoms. The number of hydrogen-bond acceptors (Lipinski definition) is 5. The minimum atomic E-state index is -0.150. The predicted molar refractivity (Wildman–Crippen MR) is 87.3 cm³/mol. The van der Waals surface area contributed by atoms with Gasteiger partial charge in [-0.05, 0) is 37.4 Å². The van der Waals surface area contributed by atoms with Crippen LogP contribution in [0.3, 0.4) is 0 Å². The molecule has 0 saturated carbocycles. The van der Waals surface area contributed by atoms with E-state index >= 15 is 0 Å². The van der Waals surface area contributed by atoms with E-state index < -0.39 is 0 Å². The number of carbonyl (C=O) groups is 1. The molecule has 0 unspecified atom stereocenters. The van der Waals surface area contributed by atoms with Crippen LogP contribution in [-0.4, -0.2) is 26.9 Å². The van der Waals surface area contributed by atoms with E-state index in [9.17, 15) is 4.79 Å². The number of rotatable bonds is 4. The smallest absolute Gasteiger partial charge is 0.273 e. The number of thiazole rings is 1. The first-order valence-electron chi connectivity index (χ1n) is 6.49. The highest BCUT2D eigenvalue weighted by atomic mass is 32.2. The second-order valence-electron chi connectivity index (χ2n) is 4.35. The van der Waals surface area contributed by atoms with Crippen molar-refractivity contribution in [3.05, 3.63) is 36.2 Å². The van der Waals surface area contributed by atoms with Crippen LogP contribution in [0, 0.1) is 0 Å². The van der Waals surface area contributed by atoms with E-state index in [0.717, 1.165) is 20.2 Å². The minimum Gasteiger partial charge on any atom is -0.321 e. The largest absolute Gasteiger partial charge is 0.321 e. The predicted octanol–water partition coefficient (Wildman–Crippen LogP) is 3.49. The van der Waals surface area contributed by atoms with E-state index in [1.54, 1.807) is 40.0 Å². The van der Waals surface area contributed by atoms with Crippen molar-refractivity contribution in [2.75, 3.05) is 11.6 Å². The summed E-state index contributed by atoms with van der Waals surface area (Å²) in [6.07, 6.45) is 3.64. The Balaban J connectivity index is 1.85. The number of carbonyl (C=O) groups excluding carboxylic acids is 1. The highest BCUT2D eigenvalue weighted by Gasteiger charge is 2.12. The molecule has 2 aromatic heterocycles. The Kier molecular flexibility index (Phi) is 3.94. The van der Waals surface area contributed by atoms with Gasteiger partial charge >= 0.3 is 0 Å². The molecule has 1 amide bonds. The third-order valence-electron chi connectivity index (χ3n) is 3.05. The lowest BCUT2D eigenvalue weighted by Crippen LogP contribution is -2.17. The summed E-state index contributed by atoms with van der Waals surface area (Å²) < 4.78 is 3.77. The van der Waals surface area contributed by atoms with Crippen molar-refractivity contribution < 1.29 is 4.79 Å². The highest BCUT2D eigenvalue weighted by molar-refractivity contribution is 8.00. The first-order chi connectivity index (χ1) is 10.2. The Morgan fingerprint density at radius 1 is 1.43 bits per heavy atom. The van der Waals surface area contributed by atoms with Gasteiger partial charge in [0.15, 0.2) is 4.34 Å². The number of thioether (sulfide) groups is 1. The molecule has 1 aromatic carbocycles.